The molecule has 1 aromatic rings. The van der Waals surface area contributed by atoms with Crippen molar-refractivity contribution in [3.63, 3.8) is 0 Å². The highest BCUT2D eigenvalue weighted by molar-refractivity contribution is 5.15. The van der Waals surface area contributed by atoms with Crippen LogP contribution >= 0.6 is 0 Å². The maximum absolute atomic E-state index is 5.69. The smallest absolute Gasteiger partial charge is 0.138 e. The van der Waals surface area contributed by atoms with Gasteiger partial charge in [-0.05, 0) is 37.8 Å². The Kier molecular flexibility index (Phi) is 2.26. The first kappa shape index (κ1) is 7.59. The Bertz CT molecular complexity index is 229. The van der Waals surface area contributed by atoms with E-state index >= 15 is 0 Å². The Balaban J connectivity index is 1.94. The fourth-order valence-corrected chi connectivity index (χ4v) is 1.57. The molecule has 1 saturated carbocycles. The molecule has 0 unspecified atom stereocenters. The van der Waals surface area contributed by atoms with Crippen molar-refractivity contribution in [3.05, 3.63) is 24.5 Å². The molecule has 0 spiro atoms. The summed E-state index contributed by atoms with van der Waals surface area (Å²) in [5.74, 6) is 0.876. The Morgan fingerprint density at radius 3 is 2.92 bits per heavy atom. The van der Waals surface area contributed by atoms with Crippen LogP contribution in [0.3, 0.4) is 0 Å². The first-order valence-corrected chi connectivity index (χ1v) is 4.44. The first-order valence-electron chi connectivity index (χ1n) is 4.44. The highest BCUT2D eigenvalue weighted by Crippen LogP contribution is 2.22. The zero-order valence-corrected chi connectivity index (χ0v) is 6.99. The molecule has 63 valence electrons. The van der Waals surface area contributed by atoms with Crippen molar-refractivity contribution in [1.82, 2.24) is 4.98 Å². The van der Waals surface area contributed by atoms with Gasteiger partial charge in [0.25, 0.3) is 0 Å². The van der Waals surface area contributed by atoms with Crippen molar-refractivity contribution in [2.45, 2.75) is 31.8 Å². The number of hydrogen-bond acceptors (Lipinski definition) is 2. The average Bonchev–Trinajstić information content (AvgIpc) is 2.59. The van der Waals surface area contributed by atoms with E-state index in [4.69, 9.17) is 4.74 Å². The molecule has 0 bridgehead atoms. The summed E-state index contributed by atoms with van der Waals surface area (Å²) in [7, 11) is 0. The van der Waals surface area contributed by atoms with Crippen LogP contribution < -0.4 is 4.74 Å². The zero-order valence-electron chi connectivity index (χ0n) is 6.99. The van der Waals surface area contributed by atoms with Crippen LogP contribution in [0.25, 0.3) is 0 Å². The van der Waals surface area contributed by atoms with Crippen molar-refractivity contribution in [2.75, 3.05) is 0 Å². The third-order valence-corrected chi connectivity index (χ3v) is 2.19. The van der Waals surface area contributed by atoms with Gasteiger partial charge in [-0.3, -0.25) is 4.98 Å². The summed E-state index contributed by atoms with van der Waals surface area (Å²) >= 11 is 0. The van der Waals surface area contributed by atoms with E-state index in [1.165, 1.54) is 25.7 Å². The molecule has 2 heteroatoms. The largest absolute Gasteiger partial charge is 0.489 e. The predicted molar refractivity (Wildman–Crippen MR) is 46.0 cm³/mol. The number of aromatic nitrogens is 1. The lowest BCUT2D eigenvalue weighted by Crippen LogP contribution is -2.10. The Morgan fingerprint density at radius 2 is 2.25 bits per heavy atom. The molecule has 1 heterocycles. The molecule has 0 N–H and O–H groups in total. The summed E-state index contributed by atoms with van der Waals surface area (Å²) in [6.45, 7) is 0. The molecule has 0 saturated heterocycles. The zero-order chi connectivity index (χ0) is 8.23. The highest BCUT2D eigenvalue weighted by Gasteiger charge is 2.15. The normalized spacial score (nSPS) is 18.0. The van der Waals surface area contributed by atoms with Gasteiger partial charge in [0.1, 0.15) is 5.75 Å². The third kappa shape index (κ3) is 1.76. The molecule has 1 radical (unpaired) electrons. The van der Waals surface area contributed by atoms with E-state index in [0.29, 0.717) is 6.10 Å². The molecule has 0 amide bonds. The van der Waals surface area contributed by atoms with Gasteiger partial charge in [0.2, 0.25) is 0 Å². The van der Waals surface area contributed by atoms with Gasteiger partial charge in [-0.1, -0.05) is 0 Å². The van der Waals surface area contributed by atoms with E-state index in [0.717, 1.165) is 5.75 Å². The van der Waals surface area contributed by atoms with Gasteiger partial charge in [0.15, 0.2) is 0 Å². The fraction of sp³-hybridized carbons (Fsp3) is 0.500. The van der Waals surface area contributed by atoms with Gasteiger partial charge >= 0.3 is 0 Å². The van der Waals surface area contributed by atoms with Gasteiger partial charge in [0.05, 0.1) is 18.5 Å². The van der Waals surface area contributed by atoms with E-state index in [9.17, 15) is 0 Å². The topological polar surface area (TPSA) is 22.1 Å². The first-order chi connectivity index (χ1) is 5.95. The number of pyridine rings is 1. The minimum Gasteiger partial charge on any atom is -0.489 e. The molecule has 2 rings (SSSR count). The van der Waals surface area contributed by atoms with Crippen molar-refractivity contribution in [2.24, 2.45) is 0 Å². The van der Waals surface area contributed by atoms with Gasteiger partial charge in [0, 0.05) is 0 Å². The fourth-order valence-electron chi connectivity index (χ4n) is 1.57. The van der Waals surface area contributed by atoms with Crippen LogP contribution in [-0.4, -0.2) is 11.1 Å². The molecule has 12 heavy (non-hydrogen) atoms. The van der Waals surface area contributed by atoms with Crippen LogP contribution in [0.15, 0.2) is 18.3 Å². The minimum absolute atomic E-state index is 0.425. The molecule has 1 fully saturated rings. The number of ether oxygens (including phenoxy) is 1. The third-order valence-electron chi connectivity index (χ3n) is 2.19. The van der Waals surface area contributed by atoms with Crippen molar-refractivity contribution in [1.29, 1.82) is 0 Å². The Morgan fingerprint density at radius 1 is 1.42 bits per heavy atom. The summed E-state index contributed by atoms with van der Waals surface area (Å²) in [5.41, 5.74) is 0. The Labute approximate surface area is 72.6 Å². The van der Waals surface area contributed by atoms with Crippen LogP contribution in [0, 0.1) is 6.20 Å². The SMILES string of the molecule is [c]1ccc(OC2CCCC2)cn1. The maximum Gasteiger partial charge on any atom is 0.138 e. The second-order valence-electron chi connectivity index (χ2n) is 3.15. The van der Waals surface area contributed by atoms with Crippen LogP contribution in [-0.2, 0) is 0 Å². The molecule has 1 aromatic heterocycles. The van der Waals surface area contributed by atoms with Crippen molar-refractivity contribution < 1.29 is 4.74 Å². The summed E-state index contributed by atoms with van der Waals surface area (Å²) < 4.78 is 5.69. The van der Waals surface area contributed by atoms with Crippen LogP contribution in [0.1, 0.15) is 25.7 Å². The lowest BCUT2D eigenvalue weighted by atomic mass is 10.3. The lowest BCUT2D eigenvalue weighted by Gasteiger charge is -2.11. The van der Waals surface area contributed by atoms with Gasteiger partial charge < -0.3 is 4.74 Å². The minimum atomic E-state index is 0.425. The second kappa shape index (κ2) is 3.57. The number of hydrogen-bond donors (Lipinski definition) is 0. The van der Waals surface area contributed by atoms with E-state index in [-0.39, 0.29) is 0 Å². The number of nitrogens with zero attached hydrogens (tertiary/aromatic N) is 1. The summed E-state index contributed by atoms with van der Waals surface area (Å²) in [4.78, 5) is 3.88. The molecule has 0 aliphatic heterocycles. The summed E-state index contributed by atoms with van der Waals surface area (Å²) in [5, 5.41) is 0. The van der Waals surface area contributed by atoms with Crippen molar-refractivity contribution >= 4 is 0 Å². The van der Waals surface area contributed by atoms with Crippen LogP contribution in [0.4, 0.5) is 0 Å². The number of rotatable bonds is 2. The quantitative estimate of drug-likeness (QED) is 0.665. The van der Waals surface area contributed by atoms with Gasteiger partial charge in [-0.2, -0.15) is 0 Å². The molecular formula is C10H12NO. The van der Waals surface area contributed by atoms with E-state index in [2.05, 4.69) is 11.2 Å². The second-order valence-corrected chi connectivity index (χ2v) is 3.15. The van der Waals surface area contributed by atoms with E-state index in [1.807, 2.05) is 6.07 Å². The predicted octanol–water partition coefficient (Wildman–Crippen LogP) is 2.20. The highest BCUT2D eigenvalue weighted by atomic mass is 16.5. The molecular weight excluding hydrogens is 150 g/mol. The van der Waals surface area contributed by atoms with Crippen LogP contribution in [0.2, 0.25) is 0 Å². The monoisotopic (exact) mass is 162 g/mol. The molecule has 0 atom stereocenters. The summed E-state index contributed by atoms with van der Waals surface area (Å²) in [6, 6.07) is 3.69. The van der Waals surface area contributed by atoms with Gasteiger partial charge in [-0.25, -0.2) is 0 Å². The van der Waals surface area contributed by atoms with Gasteiger partial charge in [-0.15, -0.1) is 0 Å². The van der Waals surface area contributed by atoms with E-state index < -0.39 is 0 Å². The van der Waals surface area contributed by atoms with Crippen molar-refractivity contribution in [3.8, 4) is 5.75 Å². The molecule has 0 aromatic carbocycles. The lowest BCUT2D eigenvalue weighted by molar-refractivity contribution is 0.209. The standard InChI is InChI=1S/C10H12NO/c1-2-5-9(4-1)12-10-6-3-7-11-8-10/h3,6,8-9H,1-2,4-5H2. The molecule has 2 nitrogen and oxygen atoms in total. The summed E-state index contributed by atoms with van der Waals surface area (Å²) in [6.07, 6.45) is 9.86. The van der Waals surface area contributed by atoms with Crippen LogP contribution in [0.5, 0.6) is 5.75 Å². The molecule has 1 aliphatic carbocycles. The average molecular weight is 162 g/mol. The maximum atomic E-state index is 5.69. The Hall–Kier alpha value is -1.05. The molecule has 1 aliphatic rings. The van der Waals surface area contributed by atoms with E-state index in [1.54, 1.807) is 12.3 Å².